The number of benzene rings is 1. The summed E-state index contributed by atoms with van der Waals surface area (Å²) in [6, 6.07) is 4.73. The number of halogens is 1. The van der Waals surface area contributed by atoms with Crippen molar-refractivity contribution in [1.82, 2.24) is 10.3 Å². The molecular weight excluding hydrogens is 499 g/mol. The van der Waals surface area contributed by atoms with E-state index in [1.807, 2.05) is 0 Å². The summed E-state index contributed by atoms with van der Waals surface area (Å²) in [6.07, 6.45) is 14.8. The Morgan fingerprint density at radius 3 is 2.72 bits per heavy atom. The minimum atomic E-state index is -0.304. The van der Waals surface area contributed by atoms with Crippen molar-refractivity contribution in [2.24, 2.45) is 11.8 Å². The van der Waals surface area contributed by atoms with E-state index in [1.165, 1.54) is 58.0 Å². The van der Waals surface area contributed by atoms with Gasteiger partial charge < -0.3 is 19.2 Å². The third-order valence-corrected chi connectivity index (χ3v) is 8.96. The number of hydrogen-bond acceptors (Lipinski definition) is 6. The van der Waals surface area contributed by atoms with Gasteiger partial charge in [0.2, 0.25) is 5.89 Å². The third-order valence-electron chi connectivity index (χ3n) is 8.96. The largest absolute Gasteiger partial charge is 0.469 e. The fraction of sp³-hybridized carbons (Fsp3) is 0.645. The summed E-state index contributed by atoms with van der Waals surface area (Å²) in [5.41, 5.74) is 2.09. The van der Waals surface area contributed by atoms with Crippen LogP contribution in [0.25, 0.3) is 0 Å². The highest BCUT2D eigenvalue weighted by molar-refractivity contribution is 5.91. The van der Waals surface area contributed by atoms with Crippen molar-refractivity contribution in [3.8, 4) is 0 Å². The van der Waals surface area contributed by atoms with Crippen LogP contribution in [0, 0.1) is 17.7 Å². The molecule has 1 N–H and O–H groups in total. The second kappa shape index (κ2) is 13.1. The van der Waals surface area contributed by atoms with Gasteiger partial charge in [0.1, 0.15) is 12.1 Å². The molecule has 39 heavy (non-hydrogen) atoms. The predicted octanol–water partition coefficient (Wildman–Crippen LogP) is 5.90. The quantitative estimate of drug-likeness (QED) is 0.266. The van der Waals surface area contributed by atoms with Gasteiger partial charge in [0.15, 0.2) is 5.69 Å². The molecular formula is C31H41FN2O5. The minimum absolute atomic E-state index is 0.0265. The molecule has 1 amide bonds. The van der Waals surface area contributed by atoms with Crippen molar-refractivity contribution in [3.05, 3.63) is 53.0 Å². The lowest BCUT2D eigenvalue weighted by molar-refractivity contribution is -0.140. The summed E-state index contributed by atoms with van der Waals surface area (Å²) in [5, 5.41) is 3.00. The van der Waals surface area contributed by atoms with Crippen molar-refractivity contribution in [2.45, 2.75) is 102 Å². The van der Waals surface area contributed by atoms with E-state index in [0.29, 0.717) is 31.0 Å². The van der Waals surface area contributed by atoms with Gasteiger partial charge in [-0.15, -0.1) is 0 Å². The molecule has 3 aliphatic rings. The summed E-state index contributed by atoms with van der Waals surface area (Å²) in [4.78, 5) is 29.1. The first-order chi connectivity index (χ1) is 19.0. The number of carbonyl (C=O) groups excluding carboxylic acids is 2. The van der Waals surface area contributed by atoms with E-state index in [4.69, 9.17) is 13.9 Å². The number of rotatable bonds is 12. The topological polar surface area (TPSA) is 90.7 Å². The van der Waals surface area contributed by atoms with E-state index >= 15 is 0 Å². The van der Waals surface area contributed by atoms with Crippen LogP contribution in [-0.4, -0.2) is 42.7 Å². The molecule has 1 aliphatic carbocycles. The van der Waals surface area contributed by atoms with Crippen LogP contribution < -0.4 is 5.32 Å². The van der Waals surface area contributed by atoms with Crippen LogP contribution in [0.15, 0.2) is 28.9 Å². The molecule has 0 spiro atoms. The molecule has 2 saturated heterocycles. The molecule has 2 bridgehead atoms. The Balaban J connectivity index is 1.19. The summed E-state index contributed by atoms with van der Waals surface area (Å²) in [6.45, 7) is 0.640. The number of nitrogens with one attached hydrogen (secondary N) is 1. The number of oxazole rings is 1. The predicted molar refractivity (Wildman–Crippen MR) is 144 cm³/mol. The average molecular weight is 541 g/mol. The lowest BCUT2D eigenvalue weighted by atomic mass is 9.75. The van der Waals surface area contributed by atoms with E-state index in [1.54, 1.807) is 12.1 Å². The number of amides is 1. The highest BCUT2D eigenvalue weighted by Crippen LogP contribution is 2.50. The first-order valence-corrected chi connectivity index (χ1v) is 14.7. The van der Waals surface area contributed by atoms with Crippen molar-refractivity contribution in [2.75, 3.05) is 13.7 Å². The molecule has 7 nitrogen and oxygen atoms in total. The zero-order valence-electron chi connectivity index (χ0n) is 23.0. The Labute approximate surface area is 230 Å². The van der Waals surface area contributed by atoms with Crippen molar-refractivity contribution >= 4 is 11.9 Å². The number of hydrogen-bond donors (Lipinski definition) is 1. The fourth-order valence-corrected chi connectivity index (χ4v) is 6.87. The zero-order valence-corrected chi connectivity index (χ0v) is 23.0. The Morgan fingerprint density at radius 2 is 1.90 bits per heavy atom. The standard InChI is InChI=1S/C31H41FN2O5/c1-37-28(35)15-11-21-10-12-23(32)17-22(21)18-24-26-13-14-27(39-26)29(24)31-34-25(19-38-31)30(36)33-16-6-5-9-20-7-3-2-4-8-20/h10,12,17,19-20,24,26-27,29H,2-9,11,13-16,18H2,1H3,(H,33,36)/t24-,26+,27+,29-/m0/s1. The summed E-state index contributed by atoms with van der Waals surface area (Å²) < 4.78 is 31.1. The van der Waals surface area contributed by atoms with Crippen LogP contribution in [-0.2, 0) is 27.1 Å². The van der Waals surface area contributed by atoms with Crippen LogP contribution in [0.1, 0.15) is 104 Å². The van der Waals surface area contributed by atoms with Crippen LogP contribution in [0.2, 0.25) is 0 Å². The van der Waals surface area contributed by atoms with Gasteiger partial charge in [0.05, 0.1) is 25.2 Å². The molecule has 5 rings (SSSR count). The Hall–Kier alpha value is -2.74. The SMILES string of the molecule is COC(=O)CCc1ccc(F)cc1C[C@@H]1[C@H](c2nc(C(=O)NCCCCC3CCCCC3)co2)[C@H]2CC[C@H]1O2. The Kier molecular flexibility index (Phi) is 9.32. The molecule has 212 valence electrons. The lowest BCUT2D eigenvalue weighted by Gasteiger charge is -2.26. The lowest BCUT2D eigenvalue weighted by Crippen LogP contribution is -2.28. The number of methoxy groups -OCH3 is 1. The molecule has 8 heteroatoms. The van der Waals surface area contributed by atoms with Crippen molar-refractivity contribution < 1.29 is 27.9 Å². The van der Waals surface area contributed by atoms with Gasteiger partial charge in [-0.2, -0.15) is 0 Å². The maximum Gasteiger partial charge on any atom is 0.305 e. The van der Waals surface area contributed by atoms with Gasteiger partial charge in [-0.3, -0.25) is 9.59 Å². The maximum absolute atomic E-state index is 14.2. The second-order valence-corrected chi connectivity index (χ2v) is 11.5. The number of aromatic nitrogens is 1. The monoisotopic (exact) mass is 540 g/mol. The number of nitrogens with zero attached hydrogens (tertiary/aromatic N) is 1. The molecule has 4 atom stereocenters. The van der Waals surface area contributed by atoms with Crippen molar-refractivity contribution in [3.63, 3.8) is 0 Å². The first kappa shape index (κ1) is 27.8. The normalized spacial score (nSPS) is 24.7. The van der Waals surface area contributed by atoms with E-state index in [2.05, 4.69) is 10.3 Å². The molecule has 1 aromatic carbocycles. The second-order valence-electron chi connectivity index (χ2n) is 11.5. The van der Waals surface area contributed by atoms with Gasteiger partial charge in [-0.05, 0) is 61.3 Å². The molecule has 3 fully saturated rings. The third kappa shape index (κ3) is 6.89. The van der Waals surface area contributed by atoms with Crippen LogP contribution in [0.3, 0.4) is 0 Å². The molecule has 1 saturated carbocycles. The van der Waals surface area contributed by atoms with Gasteiger partial charge in [0, 0.05) is 18.9 Å². The van der Waals surface area contributed by atoms with Gasteiger partial charge in [-0.25, -0.2) is 9.37 Å². The van der Waals surface area contributed by atoms with Crippen LogP contribution >= 0.6 is 0 Å². The van der Waals surface area contributed by atoms with Gasteiger partial charge in [0.25, 0.3) is 5.91 Å². The fourth-order valence-electron chi connectivity index (χ4n) is 6.87. The van der Waals surface area contributed by atoms with E-state index in [0.717, 1.165) is 42.7 Å². The number of ether oxygens (including phenoxy) is 2. The minimum Gasteiger partial charge on any atom is -0.469 e. The molecule has 0 radical (unpaired) electrons. The molecule has 3 heterocycles. The number of carbonyl (C=O) groups is 2. The van der Waals surface area contributed by atoms with Crippen LogP contribution in [0.4, 0.5) is 4.39 Å². The molecule has 2 aromatic rings. The molecule has 0 unspecified atom stereocenters. The van der Waals surface area contributed by atoms with Gasteiger partial charge in [-0.1, -0.05) is 51.0 Å². The van der Waals surface area contributed by atoms with Crippen LogP contribution in [0.5, 0.6) is 0 Å². The van der Waals surface area contributed by atoms with Gasteiger partial charge >= 0.3 is 5.97 Å². The number of aryl methyl sites for hydroxylation is 1. The van der Waals surface area contributed by atoms with Crippen molar-refractivity contribution in [1.29, 1.82) is 0 Å². The highest BCUT2D eigenvalue weighted by Gasteiger charge is 2.51. The average Bonchev–Trinajstić information content (AvgIpc) is 3.70. The first-order valence-electron chi connectivity index (χ1n) is 14.7. The highest BCUT2D eigenvalue weighted by atomic mass is 19.1. The number of fused-ring (bicyclic) bond motifs is 2. The summed E-state index contributed by atoms with van der Waals surface area (Å²) >= 11 is 0. The summed E-state index contributed by atoms with van der Waals surface area (Å²) in [5.74, 6) is 0.526. The Morgan fingerprint density at radius 1 is 1.08 bits per heavy atom. The molecule has 1 aromatic heterocycles. The van der Waals surface area contributed by atoms with E-state index in [-0.39, 0.29) is 48.2 Å². The smallest absolute Gasteiger partial charge is 0.305 e. The summed E-state index contributed by atoms with van der Waals surface area (Å²) in [7, 11) is 1.37. The number of esters is 1. The molecule has 2 aliphatic heterocycles. The maximum atomic E-state index is 14.2. The van der Waals surface area contributed by atoms with E-state index in [9.17, 15) is 14.0 Å². The number of unbranched alkanes of at least 4 members (excludes halogenated alkanes) is 1. The van der Waals surface area contributed by atoms with E-state index < -0.39 is 0 Å². The zero-order chi connectivity index (χ0) is 27.2. The Bertz CT molecular complexity index is 1130.